The normalized spacial score (nSPS) is 21.4. The fraction of sp³-hybridized carbons (Fsp3) is 0.438. The molecule has 1 aliphatic carbocycles. The summed E-state index contributed by atoms with van der Waals surface area (Å²) in [6.07, 6.45) is 2.04. The van der Waals surface area contributed by atoms with Crippen LogP contribution in [0.5, 0.6) is 17.2 Å². The fourth-order valence-electron chi connectivity index (χ4n) is 5.91. The van der Waals surface area contributed by atoms with Crippen molar-refractivity contribution in [1.29, 1.82) is 0 Å². The van der Waals surface area contributed by atoms with Gasteiger partial charge in [-0.15, -0.1) is 11.8 Å². The van der Waals surface area contributed by atoms with Gasteiger partial charge in [-0.25, -0.2) is 0 Å². The third-order valence-corrected chi connectivity index (χ3v) is 9.71. The molecule has 2 aliphatic rings. The van der Waals surface area contributed by atoms with E-state index in [2.05, 4.69) is 5.32 Å². The Balaban J connectivity index is 1.88. The van der Waals surface area contributed by atoms with Crippen LogP contribution >= 0.6 is 23.4 Å². The summed E-state index contributed by atoms with van der Waals surface area (Å²) in [5.74, 6) is -4.62. The molecule has 1 heterocycles. The number of Topliss-reactive ketones (excluding diaryl/α,β-unsaturated/α-hetero) is 2. The van der Waals surface area contributed by atoms with E-state index in [1.165, 1.54) is 32.0 Å². The molecule has 0 saturated carbocycles. The minimum absolute atomic E-state index is 0.0121. The first-order chi connectivity index (χ1) is 20.9. The number of allylic oxidation sites excluding steroid dienone is 1. The van der Waals surface area contributed by atoms with Gasteiger partial charge >= 0.3 is 0 Å². The summed E-state index contributed by atoms with van der Waals surface area (Å²) in [6.45, 7) is 5.30. The average Bonchev–Trinajstić information content (AvgIpc) is 3.32. The third-order valence-electron chi connectivity index (χ3n) is 8.60. The van der Waals surface area contributed by atoms with Gasteiger partial charge in [-0.2, -0.15) is 0 Å². The number of fused-ring (bicyclic) bond motifs is 1. The topological polar surface area (TPSA) is 154 Å². The van der Waals surface area contributed by atoms with Crippen LogP contribution < -0.4 is 25.3 Å². The molecular weight excluding hydrogens is 608 g/mol. The van der Waals surface area contributed by atoms with E-state index in [4.69, 9.17) is 31.5 Å². The molecule has 0 radical (unpaired) electrons. The number of halogens is 1. The van der Waals surface area contributed by atoms with Gasteiger partial charge in [0.2, 0.25) is 23.2 Å². The first kappa shape index (κ1) is 33.2. The van der Waals surface area contributed by atoms with Crippen molar-refractivity contribution in [2.75, 3.05) is 20.5 Å². The Bertz CT molecular complexity index is 1530. The molecule has 0 saturated heterocycles. The molecule has 4 rings (SSSR count). The molecule has 5 atom stereocenters. The van der Waals surface area contributed by atoms with Crippen molar-refractivity contribution in [2.45, 2.75) is 62.5 Å². The first-order valence-corrected chi connectivity index (χ1v) is 15.8. The van der Waals surface area contributed by atoms with Crippen molar-refractivity contribution in [3.63, 3.8) is 0 Å². The predicted octanol–water partition coefficient (Wildman–Crippen LogP) is 5.00. The second-order valence-corrected chi connectivity index (χ2v) is 12.4. The van der Waals surface area contributed by atoms with Crippen LogP contribution in [0.25, 0.3) is 0 Å². The molecule has 2 aromatic rings. The van der Waals surface area contributed by atoms with Gasteiger partial charge in [-0.05, 0) is 29.9 Å². The van der Waals surface area contributed by atoms with Crippen LogP contribution in [0.15, 0.2) is 46.6 Å². The van der Waals surface area contributed by atoms with Gasteiger partial charge in [0, 0.05) is 41.2 Å². The Morgan fingerprint density at radius 2 is 1.84 bits per heavy atom. The van der Waals surface area contributed by atoms with E-state index < -0.39 is 52.6 Å². The van der Waals surface area contributed by atoms with Gasteiger partial charge in [-0.1, -0.05) is 50.9 Å². The number of thioether (sulfide) groups is 1. The van der Waals surface area contributed by atoms with E-state index in [0.717, 1.165) is 4.90 Å². The van der Waals surface area contributed by atoms with Crippen LogP contribution in [0.4, 0.5) is 0 Å². The van der Waals surface area contributed by atoms with E-state index in [1.54, 1.807) is 26.0 Å². The molecule has 0 bridgehead atoms. The Morgan fingerprint density at radius 1 is 1.20 bits per heavy atom. The standard InChI is InChI=1S/C32H37ClN2O8S/c1-7-15(2)27(31(34)40)35-23(37)13-19(17-8-10-18(44-6)11-9-17)24-20(36)12-16(3)32(29(24)38)30(39)25-21(41-4)14-22(42-5)26(33)28(25)43-32/h8-11,14-16,19,27,38H,7,12-13H2,1-6H3,(H2,34,40)(H,35,37)/t15-,16+,19?,27-,32-/m0/s1. The zero-order valence-corrected chi connectivity index (χ0v) is 27.1. The average molecular weight is 645 g/mol. The van der Waals surface area contributed by atoms with Crippen LogP contribution in [-0.2, 0) is 14.4 Å². The number of hydrogen-bond donors (Lipinski definition) is 3. The number of benzene rings is 2. The van der Waals surface area contributed by atoms with Crippen LogP contribution in [0, 0.1) is 11.8 Å². The molecule has 1 spiro atoms. The number of rotatable bonds is 11. The highest BCUT2D eigenvalue weighted by atomic mass is 35.5. The Morgan fingerprint density at radius 3 is 2.39 bits per heavy atom. The molecule has 44 heavy (non-hydrogen) atoms. The lowest BCUT2D eigenvalue weighted by molar-refractivity contribution is -0.128. The first-order valence-electron chi connectivity index (χ1n) is 14.2. The molecule has 4 N–H and O–H groups in total. The molecule has 1 aliphatic heterocycles. The maximum atomic E-state index is 14.2. The van der Waals surface area contributed by atoms with Gasteiger partial charge in [0.15, 0.2) is 17.3 Å². The molecule has 0 aromatic heterocycles. The smallest absolute Gasteiger partial charge is 0.240 e. The number of primary amides is 1. The molecule has 10 nitrogen and oxygen atoms in total. The molecule has 2 aromatic carbocycles. The number of nitrogens with one attached hydrogen (secondary N) is 1. The minimum atomic E-state index is -2.00. The number of carbonyl (C=O) groups excluding carboxylic acids is 4. The molecule has 12 heteroatoms. The molecule has 236 valence electrons. The highest BCUT2D eigenvalue weighted by Gasteiger charge is 2.61. The largest absolute Gasteiger partial charge is 0.507 e. The zero-order valence-electron chi connectivity index (χ0n) is 25.5. The summed E-state index contributed by atoms with van der Waals surface area (Å²) < 4.78 is 17.1. The number of amides is 2. The number of aliphatic hydroxyl groups is 1. The van der Waals surface area contributed by atoms with Crippen LogP contribution in [0.3, 0.4) is 0 Å². The van der Waals surface area contributed by atoms with E-state index in [-0.39, 0.29) is 52.2 Å². The van der Waals surface area contributed by atoms with Gasteiger partial charge in [-0.3, -0.25) is 19.2 Å². The summed E-state index contributed by atoms with van der Waals surface area (Å²) in [5.41, 5.74) is 4.02. The molecule has 2 amide bonds. The van der Waals surface area contributed by atoms with Crippen LogP contribution in [0.2, 0.25) is 5.02 Å². The fourth-order valence-corrected chi connectivity index (χ4v) is 6.58. The summed E-state index contributed by atoms with van der Waals surface area (Å²) in [5, 5.41) is 14.7. The number of methoxy groups -OCH3 is 2. The Hall–Kier alpha value is -3.70. The monoisotopic (exact) mass is 644 g/mol. The summed E-state index contributed by atoms with van der Waals surface area (Å²) >= 11 is 8.08. The summed E-state index contributed by atoms with van der Waals surface area (Å²) in [6, 6.07) is 7.72. The SMILES string of the molecule is CC[C@H](C)[C@H](NC(=O)CC(C1=C(O)[C@@]2(Oc3c(Cl)c(OC)cc(OC)c3C2=O)[C@H](C)CC1=O)c1ccc(SC)cc1)C(N)=O. The second kappa shape index (κ2) is 13.1. The highest BCUT2D eigenvalue weighted by Crippen LogP contribution is 2.55. The number of aliphatic hydroxyl groups excluding tert-OH is 1. The van der Waals surface area contributed by atoms with Crippen molar-refractivity contribution >= 4 is 46.7 Å². The van der Waals surface area contributed by atoms with Gasteiger partial charge in [0.25, 0.3) is 0 Å². The maximum absolute atomic E-state index is 14.2. The number of nitrogens with two attached hydrogens (primary N) is 1. The maximum Gasteiger partial charge on any atom is 0.240 e. The number of carbonyl (C=O) groups is 4. The predicted molar refractivity (Wildman–Crippen MR) is 167 cm³/mol. The van der Waals surface area contributed by atoms with E-state index in [0.29, 0.717) is 12.0 Å². The van der Waals surface area contributed by atoms with Crippen molar-refractivity contribution in [2.24, 2.45) is 17.6 Å². The molecule has 1 unspecified atom stereocenters. The lowest BCUT2D eigenvalue weighted by Crippen LogP contribution is -2.53. The van der Waals surface area contributed by atoms with Crippen molar-refractivity contribution in [1.82, 2.24) is 5.32 Å². The minimum Gasteiger partial charge on any atom is -0.507 e. The van der Waals surface area contributed by atoms with Gasteiger partial charge in [0.1, 0.15) is 28.1 Å². The molecular formula is C32H37ClN2O8S. The van der Waals surface area contributed by atoms with E-state index in [1.807, 2.05) is 25.3 Å². The van der Waals surface area contributed by atoms with Crippen molar-refractivity contribution < 1.29 is 38.5 Å². The Kier molecular flexibility index (Phi) is 9.90. The number of ether oxygens (including phenoxy) is 3. The van der Waals surface area contributed by atoms with Crippen LogP contribution in [0.1, 0.15) is 61.9 Å². The Labute approximate surface area is 265 Å². The zero-order chi connectivity index (χ0) is 32.5. The summed E-state index contributed by atoms with van der Waals surface area (Å²) in [4.78, 5) is 54.6. The summed E-state index contributed by atoms with van der Waals surface area (Å²) in [7, 11) is 2.78. The lowest BCUT2D eigenvalue weighted by Gasteiger charge is -2.38. The molecule has 0 fully saturated rings. The van der Waals surface area contributed by atoms with E-state index in [9.17, 15) is 24.3 Å². The van der Waals surface area contributed by atoms with Crippen molar-refractivity contribution in [3.8, 4) is 17.2 Å². The highest BCUT2D eigenvalue weighted by molar-refractivity contribution is 7.98. The lowest BCUT2D eigenvalue weighted by atomic mass is 9.69. The third kappa shape index (κ3) is 5.63. The van der Waals surface area contributed by atoms with Gasteiger partial charge in [0.05, 0.1) is 14.2 Å². The van der Waals surface area contributed by atoms with E-state index >= 15 is 0 Å². The van der Waals surface area contributed by atoms with Crippen LogP contribution in [-0.4, -0.2) is 60.6 Å². The van der Waals surface area contributed by atoms with Gasteiger partial charge < -0.3 is 30.4 Å². The second-order valence-electron chi connectivity index (χ2n) is 11.1. The number of ketones is 2. The number of hydrogen-bond acceptors (Lipinski definition) is 9. The quantitative estimate of drug-likeness (QED) is 0.287. The van der Waals surface area contributed by atoms with Crippen molar-refractivity contribution in [3.05, 3.63) is 57.8 Å².